The quantitative estimate of drug-likeness (QED) is 0.193. The average molecular weight is 152 g/mol. The minimum Gasteiger partial charge on any atom is -0.358 e. The fraction of sp³-hybridized carbons (Fsp3) is 0. The molecule has 0 saturated heterocycles. The molecule has 0 saturated carbocycles. The van der Waals surface area contributed by atoms with Crippen LogP contribution in [-0.4, -0.2) is 14.7 Å². The molecule has 0 heterocycles. The summed E-state index contributed by atoms with van der Waals surface area (Å²) >= 11 is 3.60. The summed E-state index contributed by atoms with van der Waals surface area (Å²) in [5.74, 6) is 0. The van der Waals surface area contributed by atoms with Crippen LogP contribution in [0.4, 0.5) is 0 Å². The minimum atomic E-state index is -3.81. The number of hydrogen-bond acceptors (Lipinski definition) is 1. The van der Waals surface area contributed by atoms with Crippen molar-refractivity contribution in [1.82, 2.24) is 0 Å². The third kappa shape index (κ3) is 98.4. The molecule has 0 fully saturated rings. The molecule has 0 rings (SSSR count). The van der Waals surface area contributed by atoms with E-state index >= 15 is 0 Å². The Balaban J connectivity index is -0.0000000800. The van der Waals surface area contributed by atoms with Crippen LogP contribution in [0.3, 0.4) is 0 Å². The third-order valence-corrected chi connectivity index (χ3v) is 0. The molecule has 0 radical (unpaired) electrons. The molecule has 0 bridgehead atoms. The summed E-state index contributed by atoms with van der Waals surface area (Å²) in [5, 5.41) is 0. The van der Waals surface area contributed by atoms with Gasteiger partial charge in [-0.05, 0) is 11.8 Å². The third-order valence-electron chi connectivity index (χ3n) is 0. The summed E-state index contributed by atoms with van der Waals surface area (Å²) in [7, 11) is 0. The van der Waals surface area contributed by atoms with Crippen molar-refractivity contribution in [2.75, 3.05) is 0 Å². The molecule has 40 valence electrons. The van der Waals surface area contributed by atoms with Gasteiger partial charge in [-0.3, -0.25) is 0 Å². The largest absolute Gasteiger partial charge is 1.00 e. The van der Waals surface area contributed by atoms with E-state index in [9.17, 15) is 0 Å². The van der Waals surface area contributed by atoms with Crippen molar-refractivity contribution in [1.29, 1.82) is 0 Å². The van der Waals surface area contributed by atoms with Crippen molar-refractivity contribution in [2.45, 2.75) is 0 Å². The zero-order valence-electron chi connectivity index (χ0n) is 4.20. The van der Waals surface area contributed by atoms with Gasteiger partial charge in [0.25, 0.3) is 0 Å². The van der Waals surface area contributed by atoms with Crippen LogP contribution in [0, 0.1) is 7.43 Å². The van der Waals surface area contributed by atoms with Gasteiger partial charge in [-0.25, -0.2) is 0 Å². The van der Waals surface area contributed by atoms with Crippen LogP contribution in [0.15, 0.2) is 0 Å². The fourth-order valence-corrected chi connectivity index (χ4v) is 0. The Morgan fingerprint density at radius 3 is 1.14 bits per heavy atom. The summed E-state index contributed by atoms with van der Waals surface area (Å²) in [6, 6.07) is 0. The van der Waals surface area contributed by atoms with Crippen LogP contribution in [-0.2, 0) is 11.8 Å². The number of rotatable bonds is 0. The van der Waals surface area contributed by atoms with Crippen LogP contribution in [0.1, 0.15) is 0 Å². The van der Waals surface area contributed by atoms with Crippen molar-refractivity contribution >= 4 is 18.5 Å². The maximum atomic E-state index is 7.56. The Morgan fingerprint density at radius 1 is 1.14 bits per heavy atom. The smallest absolute Gasteiger partial charge is 0.358 e. The van der Waals surface area contributed by atoms with E-state index in [2.05, 4.69) is 11.8 Å². The molecule has 0 aromatic carbocycles. The Labute approximate surface area is 69.9 Å². The molecule has 0 amide bonds. The van der Waals surface area contributed by atoms with Crippen LogP contribution >= 0.6 is 6.72 Å². The van der Waals surface area contributed by atoms with Gasteiger partial charge in [0.05, 0.1) is 0 Å². The Morgan fingerprint density at radius 2 is 1.14 bits per heavy atom. The summed E-state index contributed by atoms with van der Waals surface area (Å²) in [6.45, 7) is -3.81. The van der Waals surface area contributed by atoms with E-state index in [1.54, 1.807) is 0 Å². The van der Waals surface area contributed by atoms with Gasteiger partial charge < -0.3 is 22.1 Å². The molecule has 3 N–H and O–H groups in total. The van der Waals surface area contributed by atoms with Crippen LogP contribution in [0.2, 0.25) is 0 Å². The van der Waals surface area contributed by atoms with Gasteiger partial charge in [0.2, 0.25) is 0 Å². The molecular formula is CH6NaO3PS. The van der Waals surface area contributed by atoms with Crippen molar-refractivity contribution in [2.24, 2.45) is 0 Å². The fourth-order valence-electron chi connectivity index (χ4n) is 0. The first-order valence-corrected chi connectivity index (χ1v) is 3.44. The van der Waals surface area contributed by atoms with E-state index < -0.39 is 6.72 Å². The SMILES string of the molecule is OP(O)(O)=S.[CH3-].[Na+]. The first-order valence-electron chi connectivity index (χ1n) is 0.783. The molecule has 7 heavy (non-hydrogen) atoms. The van der Waals surface area contributed by atoms with Gasteiger partial charge in [-0.15, -0.1) is 0 Å². The molecule has 0 aliphatic heterocycles. The van der Waals surface area contributed by atoms with E-state index in [-0.39, 0.29) is 37.0 Å². The summed E-state index contributed by atoms with van der Waals surface area (Å²) in [6.07, 6.45) is 0. The zero-order valence-corrected chi connectivity index (χ0v) is 7.91. The van der Waals surface area contributed by atoms with Gasteiger partial charge in [0.15, 0.2) is 0 Å². The Kier molecular flexibility index (Phi) is 12.8. The number of hydrogen-bond donors (Lipinski definition) is 3. The van der Waals surface area contributed by atoms with Gasteiger partial charge in [0.1, 0.15) is 0 Å². The Bertz CT molecular complexity index is 61.1. The Hall–Kier alpha value is 1.53. The topological polar surface area (TPSA) is 60.7 Å². The van der Waals surface area contributed by atoms with Crippen molar-refractivity contribution in [3.05, 3.63) is 7.43 Å². The van der Waals surface area contributed by atoms with Crippen LogP contribution in [0.5, 0.6) is 0 Å². The van der Waals surface area contributed by atoms with Crippen LogP contribution < -0.4 is 29.6 Å². The van der Waals surface area contributed by atoms with Crippen molar-refractivity contribution < 1.29 is 44.2 Å². The van der Waals surface area contributed by atoms with E-state index in [0.29, 0.717) is 0 Å². The maximum absolute atomic E-state index is 7.56. The molecule has 6 heteroatoms. The first kappa shape index (κ1) is 15.8. The van der Waals surface area contributed by atoms with E-state index in [0.717, 1.165) is 0 Å². The van der Waals surface area contributed by atoms with E-state index in [4.69, 9.17) is 14.7 Å². The second kappa shape index (κ2) is 5.66. The molecule has 0 aliphatic carbocycles. The predicted molar refractivity (Wildman–Crippen MR) is 27.4 cm³/mol. The van der Waals surface area contributed by atoms with Crippen molar-refractivity contribution in [3.8, 4) is 0 Å². The molecule has 0 aliphatic rings. The van der Waals surface area contributed by atoms with E-state index in [1.165, 1.54) is 0 Å². The summed E-state index contributed by atoms with van der Waals surface area (Å²) in [5.41, 5.74) is 0. The molecule has 0 unspecified atom stereocenters. The standard InChI is InChI=1S/CH3.Na.H3O3PS/c;;1-4(2,3)5/h1H3;;(H3,1,2,3,5)/q-1;+1;. The van der Waals surface area contributed by atoms with Gasteiger partial charge in [-0.2, -0.15) is 0 Å². The molecule has 0 aromatic rings. The normalized spacial score (nSPS) is 8.43. The van der Waals surface area contributed by atoms with E-state index in [1.807, 2.05) is 0 Å². The molecule has 0 aromatic heterocycles. The monoisotopic (exact) mass is 152 g/mol. The summed E-state index contributed by atoms with van der Waals surface area (Å²) < 4.78 is 0. The van der Waals surface area contributed by atoms with Gasteiger partial charge >= 0.3 is 36.3 Å². The average Bonchev–Trinajstić information content (AvgIpc) is 0.722. The maximum Gasteiger partial charge on any atom is 1.00 e. The second-order valence-corrected chi connectivity index (χ2v) is 3.01. The van der Waals surface area contributed by atoms with Gasteiger partial charge in [0, 0.05) is 0 Å². The van der Waals surface area contributed by atoms with Gasteiger partial charge in [-0.1, -0.05) is 0 Å². The summed E-state index contributed by atoms with van der Waals surface area (Å²) in [4.78, 5) is 22.7. The molecule has 0 spiro atoms. The van der Waals surface area contributed by atoms with Crippen molar-refractivity contribution in [3.63, 3.8) is 0 Å². The minimum absolute atomic E-state index is 0. The first-order chi connectivity index (χ1) is 2.00. The van der Waals surface area contributed by atoms with Crippen LogP contribution in [0.25, 0.3) is 0 Å². The molecule has 0 atom stereocenters. The predicted octanol–water partition coefficient (Wildman–Crippen LogP) is -3.36. The second-order valence-electron chi connectivity index (χ2n) is 0.513. The molecule has 3 nitrogen and oxygen atoms in total. The zero-order chi connectivity index (χ0) is 4.50. The molecular weight excluding hydrogens is 146 g/mol.